The number of para-hydroxylation sites is 1. The minimum atomic E-state index is -3.66. The van der Waals surface area contributed by atoms with E-state index in [4.69, 9.17) is 0 Å². The highest BCUT2D eigenvalue weighted by atomic mass is 32.2. The van der Waals surface area contributed by atoms with Crippen molar-refractivity contribution < 1.29 is 26.8 Å². The largest absolute Gasteiger partial charge is 0.367 e. The van der Waals surface area contributed by atoms with Crippen LogP contribution in [-0.2, 0) is 14.6 Å². The molecule has 1 saturated heterocycles. The van der Waals surface area contributed by atoms with Crippen molar-refractivity contribution in [2.24, 2.45) is 0 Å². The van der Waals surface area contributed by atoms with Gasteiger partial charge in [-0.05, 0) is 42.5 Å². The molecule has 188 valence electrons. The standard InChI is InChI=1S/C26H25F2N3O4S/c1-36(34,35)24-17-19(27)11-12-23(24)29-13-15-30(16-14-29)25(32)18-31(20-7-3-2-4-8-20)26(33)21-9-5-6-10-22(21)28/h2-12,17H,13-16,18H2,1H3. The monoisotopic (exact) mass is 513 g/mol. The van der Waals surface area contributed by atoms with Crippen molar-refractivity contribution in [3.8, 4) is 0 Å². The zero-order chi connectivity index (χ0) is 25.9. The first kappa shape index (κ1) is 25.3. The van der Waals surface area contributed by atoms with Crippen LogP contribution in [0.15, 0.2) is 77.7 Å². The van der Waals surface area contributed by atoms with Crippen molar-refractivity contribution >= 4 is 33.0 Å². The van der Waals surface area contributed by atoms with Crippen LogP contribution in [0.2, 0.25) is 0 Å². The maximum atomic E-state index is 14.3. The number of carbonyl (C=O) groups excluding carboxylic acids is 2. The SMILES string of the molecule is CS(=O)(=O)c1cc(F)ccc1N1CCN(C(=O)CN(C(=O)c2ccccc2F)c2ccccc2)CC1. The van der Waals surface area contributed by atoms with Gasteiger partial charge in [-0.15, -0.1) is 0 Å². The van der Waals surface area contributed by atoms with E-state index in [0.29, 0.717) is 24.5 Å². The Kier molecular flexibility index (Phi) is 7.35. The normalized spacial score (nSPS) is 14.0. The zero-order valence-electron chi connectivity index (χ0n) is 19.6. The first-order valence-corrected chi connectivity index (χ1v) is 13.2. The van der Waals surface area contributed by atoms with Crippen LogP contribution in [0.5, 0.6) is 0 Å². The van der Waals surface area contributed by atoms with Crippen LogP contribution in [0.1, 0.15) is 10.4 Å². The van der Waals surface area contributed by atoms with Gasteiger partial charge in [0.25, 0.3) is 5.91 Å². The summed E-state index contributed by atoms with van der Waals surface area (Å²) < 4.78 is 52.4. The van der Waals surface area contributed by atoms with Crippen molar-refractivity contribution in [2.45, 2.75) is 4.90 Å². The van der Waals surface area contributed by atoms with Crippen LogP contribution in [0.25, 0.3) is 0 Å². The Balaban J connectivity index is 1.50. The summed E-state index contributed by atoms with van der Waals surface area (Å²) >= 11 is 0. The number of amides is 2. The lowest BCUT2D eigenvalue weighted by Gasteiger charge is -2.37. The molecule has 0 radical (unpaired) electrons. The third-order valence-corrected chi connectivity index (χ3v) is 7.13. The lowest BCUT2D eigenvalue weighted by molar-refractivity contribution is -0.129. The molecule has 1 fully saturated rings. The molecule has 1 aliphatic heterocycles. The molecule has 2 amide bonds. The van der Waals surface area contributed by atoms with Gasteiger partial charge in [0, 0.05) is 38.1 Å². The fraction of sp³-hybridized carbons (Fsp3) is 0.231. The molecule has 0 spiro atoms. The van der Waals surface area contributed by atoms with Gasteiger partial charge >= 0.3 is 0 Å². The molecule has 36 heavy (non-hydrogen) atoms. The predicted molar refractivity (Wildman–Crippen MR) is 133 cm³/mol. The van der Waals surface area contributed by atoms with Gasteiger partial charge in [0.05, 0.1) is 16.1 Å². The van der Waals surface area contributed by atoms with Gasteiger partial charge in [0.15, 0.2) is 9.84 Å². The summed E-state index contributed by atoms with van der Waals surface area (Å²) in [5.41, 5.74) is 0.706. The van der Waals surface area contributed by atoms with Crippen LogP contribution < -0.4 is 9.80 Å². The third-order valence-electron chi connectivity index (χ3n) is 6.01. The van der Waals surface area contributed by atoms with Gasteiger partial charge in [0.2, 0.25) is 5.91 Å². The lowest BCUT2D eigenvalue weighted by Crippen LogP contribution is -2.52. The quantitative estimate of drug-likeness (QED) is 0.505. The number of carbonyl (C=O) groups is 2. The van der Waals surface area contributed by atoms with Crippen molar-refractivity contribution in [3.63, 3.8) is 0 Å². The van der Waals surface area contributed by atoms with Crippen LogP contribution in [-0.4, -0.2) is 64.1 Å². The molecule has 3 aromatic rings. The zero-order valence-corrected chi connectivity index (χ0v) is 20.4. The Bertz CT molecular complexity index is 1370. The molecule has 4 rings (SSSR count). The molecule has 10 heteroatoms. The average molecular weight is 514 g/mol. The van der Waals surface area contributed by atoms with Crippen molar-refractivity contribution in [1.29, 1.82) is 0 Å². The van der Waals surface area contributed by atoms with Crippen LogP contribution in [0, 0.1) is 11.6 Å². The van der Waals surface area contributed by atoms with E-state index in [1.165, 1.54) is 35.2 Å². The van der Waals surface area contributed by atoms with Crippen molar-refractivity contribution in [3.05, 3.63) is 90.0 Å². The molecule has 0 aliphatic carbocycles. The van der Waals surface area contributed by atoms with E-state index >= 15 is 0 Å². The molecule has 0 saturated carbocycles. The number of hydrogen-bond acceptors (Lipinski definition) is 5. The third kappa shape index (κ3) is 5.54. The summed E-state index contributed by atoms with van der Waals surface area (Å²) in [6.07, 6.45) is 1.02. The number of sulfone groups is 1. The van der Waals surface area contributed by atoms with Gasteiger partial charge in [-0.3, -0.25) is 14.5 Å². The number of piperazine rings is 1. The maximum Gasteiger partial charge on any atom is 0.261 e. The minimum absolute atomic E-state index is 0.104. The van der Waals surface area contributed by atoms with Gasteiger partial charge in [0.1, 0.15) is 18.2 Å². The van der Waals surface area contributed by atoms with Crippen LogP contribution in [0.3, 0.4) is 0 Å². The molecule has 0 unspecified atom stereocenters. The van der Waals surface area contributed by atoms with E-state index in [1.807, 2.05) is 0 Å². The Morgan fingerprint density at radius 1 is 0.889 bits per heavy atom. The summed E-state index contributed by atoms with van der Waals surface area (Å²) in [6.45, 7) is 0.910. The fourth-order valence-electron chi connectivity index (χ4n) is 4.15. The lowest BCUT2D eigenvalue weighted by atomic mass is 10.1. The molecule has 7 nitrogen and oxygen atoms in total. The predicted octanol–water partition coefficient (Wildman–Crippen LogP) is 3.36. The minimum Gasteiger partial charge on any atom is -0.367 e. The van der Waals surface area contributed by atoms with Gasteiger partial charge in [-0.25, -0.2) is 17.2 Å². The first-order valence-electron chi connectivity index (χ1n) is 11.3. The average Bonchev–Trinajstić information content (AvgIpc) is 2.87. The number of halogens is 2. The number of nitrogens with zero attached hydrogens (tertiary/aromatic N) is 3. The van der Waals surface area contributed by atoms with Crippen LogP contribution in [0.4, 0.5) is 20.2 Å². The molecule has 3 aromatic carbocycles. The van der Waals surface area contributed by atoms with Crippen molar-refractivity contribution in [2.75, 3.05) is 48.8 Å². The Hall–Kier alpha value is -3.79. The van der Waals surface area contributed by atoms with E-state index in [0.717, 1.165) is 12.3 Å². The number of hydrogen-bond donors (Lipinski definition) is 0. The number of rotatable bonds is 6. The number of anilines is 2. The molecule has 1 aliphatic rings. The molecule has 0 aromatic heterocycles. The highest BCUT2D eigenvalue weighted by Gasteiger charge is 2.29. The maximum absolute atomic E-state index is 14.3. The fourth-order valence-corrected chi connectivity index (χ4v) is 5.05. The topological polar surface area (TPSA) is 78.0 Å². The van der Waals surface area contributed by atoms with E-state index in [-0.39, 0.29) is 36.0 Å². The van der Waals surface area contributed by atoms with Crippen molar-refractivity contribution in [1.82, 2.24) is 4.90 Å². The van der Waals surface area contributed by atoms with E-state index in [2.05, 4.69) is 0 Å². The summed E-state index contributed by atoms with van der Waals surface area (Å²) in [6, 6.07) is 17.8. The first-order chi connectivity index (χ1) is 17.1. The van der Waals surface area contributed by atoms with E-state index in [9.17, 15) is 26.8 Å². The molecular formula is C26H25F2N3O4S. The molecular weight excluding hydrogens is 488 g/mol. The molecule has 0 bridgehead atoms. The van der Waals surface area contributed by atoms with E-state index in [1.54, 1.807) is 46.2 Å². The molecule has 1 heterocycles. The van der Waals surface area contributed by atoms with Gasteiger partial charge < -0.3 is 9.80 Å². The molecule has 0 atom stereocenters. The van der Waals surface area contributed by atoms with Gasteiger partial charge in [-0.1, -0.05) is 30.3 Å². The summed E-state index contributed by atoms with van der Waals surface area (Å²) in [5.74, 6) is -2.28. The number of benzene rings is 3. The summed E-state index contributed by atoms with van der Waals surface area (Å²) in [7, 11) is -3.66. The smallest absolute Gasteiger partial charge is 0.261 e. The highest BCUT2D eigenvalue weighted by molar-refractivity contribution is 7.90. The second kappa shape index (κ2) is 10.4. The Labute approximate surface area is 208 Å². The molecule has 0 N–H and O–H groups in total. The van der Waals surface area contributed by atoms with E-state index < -0.39 is 27.4 Å². The second-order valence-electron chi connectivity index (χ2n) is 8.46. The summed E-state index contributed by atoms with van der Waals surface area (Å²) in [5, 5.41) is 0. The van der Waals surface area contributed by atoms with Gasteiger partial charge in [-0.2, -0.15) is 0 Å². The highest BCUT2D eigenvalue weighted by Crippen LogP contribution is 2.27. The van der Waals surface area contributed by atoms with Crippen LogP contribution >= 0.6 is 0 Å². The summed E-state index contributed by atoms with van der Waals surface area (Å²) in [4.78, 5) is 30.9. The second-order valence-corrected chi connectivity index (χ2v) is 10.4. The Morgan fingerprint density at radius 2 is 1.53 bits per heavy atom. The Morgan fingerprint density at radius 3 is 2.17 bits per heavy atom.